The average Bonchev–Trinajstić information content (AvgIpc) is 3.25. The van der Waals surface area contributed by atoms with Crippen LogP contribution in [0.15, 0.2) is 0 Å². The number of rotatable bonds is 4. The van der Waals surface area contributed by atoms with E-state index in [0.717, 1.165) is 25.8 Å². The second-order valence-corrected chi connectivity index (χ2v) is 7.71. The number of halogens is 1. The van der Waals surface area contributed by atoms with E-state index in [4.69, 9.17) is 4.74 Å². The van der Waals surface area contributed by atoms with Gasteiger partial charge in [0, 0.05) is 19.6 Å². The number of nitrogens with one attached hydrogen (secondary N) is 1. The number of hydrogen-bond donors (Lipinski definition) is 1. The number of carbonyl (C=O) groups is 2. The molecule has 6 heteroatoms. The van der Waals surface area contributed by atoms with Crippen molar-refractivity contribution < 1.29 is 18.7 Å². The Balaban J connectivity index is 1.31. The molecule has 2 aliphatic heterocycles. The highest BCUT2D eigenvalue weighted by Crippen LogP contribution is 2.40. The maximum Gasteiger partial charge on any atom is 0.260 e. The van der Waals surface area contributed by atoms with Crippen LogP contribution < -0.4 is 5.32 Å². The van der Waals surface area contributed by atoms with Gasteiger partial charge in [-0.1, -0.05) is 0 Å². The molecule has 4 fully saturated rings. The second-order valence-electron chi connectivity index (χ2n) is 7.71. The second kappa shape index (κ2) is 5.72. The fraction of sp³-hybridized carbons (Fsp3) is 0.882. The molecule has 2 aliphatic carbocycles. The molecule has 128 valence electrons. The zero-order valence-corrected chi connectivity index (χ0v) is 13.4. The van der Waals surface area contributed by atoms with Gasteiger partial charge in [-0.15, -0.1) is 0 Å². The van der Waals surface area contributed by atoms with E-state index in [0.29, 0.717) is 37.8 Å². The number of fused-ring (bicyclic) bond motifs is 1. The Morgan fingerprint density at radius 2 is 2.04 bits per heavy atom. The lowest BCUT2D eigenvalue weighted by molar-refractivity contribution is -0.154. The van der Waals surface area contributed by atoms with Gasteiger partial charge in [-0.25, -0.2) is 4.39 Å². The van der Waals surface area contributed by atoms with Gasteiger partial charge in [0.15, 0.2) is 5.67 Å². The Kier molecular flexibility index (Phi) is 3.82. The zero-order chi connectivity index (χ0) is 16.0. The molecular formula is C17H25FN2O3. The molecular weight excluding hydrogens is 299 g/mol. The van der Waals surface area contributed by atoms with E-state index in [9.17, 15) is 14.0 Å². The molecule has 4 rings (SSSR count). The van der Waals surface area contributed by atoms with Crippen LogP contribution in [0.2, 0.25) is 0 Å². The molecule has 23 heavy (non-hydrogen) atoms. The Morgan fingerprint density at radius 1 is 1.26 bits per heavy atom. The van der Waals surface area contributed by atoms with Gasteiger partial charge in [0.25, 0.3) is 5.91 Å². The third-order valence-electron chi connectivity index (χ3n) is 5.92. The van der Waals surface area contributed by atoms with Crippen LogP contribution in [0.3, 0.4) is 0 Å². The predicted octanol–water partition coefficient (Wildman–Crippen LogP) is 1.41. The zero-order valence-electron chi connectivity index (χ0n) is 13.4. The van der Waals surface area contributed by atoms with Crippen LogP contribution in [0.5, 0.6) is 0 Å². The average molecular weight is 324 g/mol. The van der Waals surface area contributed by atoms with Crippen LogP contribution >= 0.6 is 0 Å². The smallest absolute Gasteiger partial charge is 0.260 e. The van der Waals surface area contributed by atoms with Crippen LogP contribution in [0.4, 0.5) is 4.39 Å². The van der Waals surface area contributed by atoms with E-state index < -0.39 is 11.8 Å². The van der Waals surface area contributed by atoms with E-state index in [1.54, 1.807) is 4.90 Å². The van der Waals surface area contributed by atoms with Crippen LogP contribution in [0.25, 0.3) is 0 Å². The Morgan fingerprint density at radius 3 is 2.70 bits per heavy atom. The van der Waals surface area contributed by atoms with Gasteiger partial charge in [0.2, 0.25) is 5.91 Å². The van der Waals surface area contributed by atoms with Gasteiger partial charge in [0.05, 0.1) is 6.10 Å². The van der Waals surface area contributed by atoms with Gasteiger partial charge in [-0.05, 0) is 56.8 Å². The van der Waals surface area contributed by atoms with Crippen LogP contribution in [-0.4, -0.2) is 54.2 Å². The summed E-state index contributed by atoms with van der Waals surface area (Å²) in [5.74, 6) is 0.573. The number of ether oxygens (including phenoxy) is 1. The lowest BCUT2D eigenvalue weighted by Crippen LogP contribution is -2.55. The summed E-state index contributed by atoms with van der Waals surface area (Å²) in [6.07, 6.45) is 4.92. The molecule has 2 saturated carbocycles. The van der Waals surface area contributed by atoms with E-state index in [1.165, 1.54) is 12.8 Å². The fourth-order valence-corrected chi connectivity index (χ4v) is 3.95. The molecule has 0 aromatic carbocycles. The molecule has 1 N–H and O–H groups in total. The van der Waals surface area contributed by atoms with E-state index in [2.05, 4.69) is 5.32 Å². The Bertz CT molecular complexity index is 504. The normalized spacial score (nSPS) is 35.3. The standard InChI is InChI=1S/C17H25FN2O3/c18-17(5-1-6-17)16(22)20-7-4-12-8-13(23-14(12)10-20)15(21)19-9-11-2-3-11/h11-14H,1-10H2,(H,19,21)/t12-,13?,14-/m0/s1. The van der Waals surface area contributed by atoms with Crippen LogP contribution in [-0.2, 0) is 14.3 Å². The summed E-state index contributed by atoms with van der Waals surface area (Å²) in [6.45, 7) is 1.77. The van der Waals surface area contributed by atoms with Crippen molar-refractivity contribution in [3.63, 3.8) is 0 Å². The molecule has 0 aromatic rings. The van der Waals surface area contributed by atoms with Crippen molar-refractivity contribution in [3.05, 3.63) is 0 Å². The van der Waals surface area contributed by atoms with Crippen molar-refractivity contribution >= 4 is 11.8 Å². The summed E-state index contributed by atoms with van der Waals surface area (Å²) in [6, 6.07) is 0. The van der Waals surface area contributed by atoms with E-state index in [-0.39, 0.29) is 17.9 Å². The van der Waals surface area contributed by atoms with E-state index >= 15 is 0 Å². The minimum atomic E-state index is -1.63. The van der Waals surface area contributed by atoms with E-state index in [1.807, 2.05) is 0 Å². The molecule has 2 amide bonds. The maximum atomic E-state index is 14.3. The molecule has 1 unspecified atom stereocenters. The summed E-state index contributed by atoms with van der Waals surface area (Å²) in [7, 11) is 0. The number of carbonyl (C=O) groups excluding carboxylic acids is 2. The minimum Gasteiger partial charge on any atom is -0.363 e. The van der Waals surface area contributed by atoms with Crippen LogP contribution in [0.1, 0.15) is 44.9 Å². The largest absolute Gasteiger partial charge is 0.363 e. The Labute approximate surface area is 135 Å². The van der Waals surface area contributed by atoms with Crippen LogP contribution in [0, 0.1) is 11.8 Å². The number of amides is 2. The highest BCUT2D eigenvalue weighted by atomic mass is 19.1. The number of nitrogens with zero attached hydrogens (tertiary/aromatic N) is 1. The lowest BCUT2D eigenvalue weighted by atomic mass is 9.80. The third-order valence-corrected chi connectivity index (χ3v) is 5.92. The maximum absolute atomic E-state index is 14.3. The van der Waals surface area contributed by atoms with Crippen molar-refractivity contribution in [2.24, 2.45) is 11.8 Å². The van der Waals surface area contributed by atoms with Crippen molar-refractivity contribution in [1.82, 2.24) is 10.2 Å². The summed E-state index contributed by atoms with van der Waals surface area (Å²) < 4.78 is 20.2. The lowest BCUT2D eigenvalue weighted by Gasteiger charge is -2.41. The highest BCUT2D eigenvalue weighted by Gasteiger charge is 2.50. The third kappa shape index (κ3) is 2.97. The van der Waals surface area contributed by atoms with Gasteiger partial charge in [-0.3, -0.25) is 9.59 Å². The molecule has 0 bridgehead atoms. The molecule has 0 radical (unpaired) electrons. The minimum absolute atomic E-state index is 0.0230. The quantitative estimate of drug-likeness (QED) is 0.851. The monoisotopic (exact) mass is 324 g/mol. The Hall–Kier alpha value is -1.17. The first-order chi connectivity index (χ1) is 11.0. The highest BCUT2D eigenvalue weighted by molar-refractivity contribution is 5.86. The van der Waals surface area contributed by atoms with Gasteiger partial charge in [0.1, 0.15) is 6.10 Å². The summed E-state index contributed by atoms with van der Waals surface area (Å²) >= 11 is 0. The first-order valence-corrected chi connectivity index (χ1v) is 8.97. The summed E-state index contributed by atoms with van der Waals surface area (Å²) in [5.41, 5.74) is -1.63. The number of piperidine rings is 1. The van der Waals surface area contributed by atoms with Crippen molar-refractivity contribution in [3.8, 4) is 0 Å². The summed E-state index contributed by atoms with van der Waals surface area (Å²) in [5, 5.41) is 2.97. The molecule has 2 saturated heterocycles. The van der Waals surface area contributed by atoms with Gasteiger partial charge >= 0.3 is 0 Å². The molecule has 4 aliphatic rings. The molecule has 3 atom stereocenters. The van der Waals surface area contributed by atoms with Crippen molar-refractivity contribution in [2.75, 3.05) is 19.6 Å². The predicted molar refractivity (Wildman–Crippen MR) is 81.4 cm³/mol. The number of hydrogen-bond acceptors (Lipinski definition) is 3. The fourth-order valence-electron chi connectivity index (χ4n) is 3.95. The first-order valence-electron chi connectivity index (χ1n) is 8.97. The first kappa shape index (κ1) is 15.4. The van der Waals surface area contributed by atoms with Gasteiger partial charge < -0.3 is 15.0 Å². The molecule has 5 nitrogen and oxygen atoms in total. The molecule has 2 heterocycles. The molecule has 0 spiro atoms. The van der Waals surface area contributed by atoms with Gasteiger partial charge in [-0.2, -0.15) is 0 Å². The van der Waals surface area contributed by atoms with Crippen molar-refractivity contribution in [2.45, 2.75) is 62.8 Å². The molecule has 0 aromatic heterocycles. The number of alkyl halides is 1. The topological polar surface area (TPSA) is 58.6 Å². The van der Waals surface area contributed by atoms with Crippen molar-refractivity contribution in [1.29, 1.82) is 0 Å². The number of likely N-dealkylation sites (tertiary alicyclic amines) is 1. The SMILES string of the molecule is O=C(NCC1CC1)C1C[C@@H]2CCN(C(=O)C3(F)CCC3)C[C@@H]2O1. The summed E-state index contributed by atoms with van der Waals surface area (Å²) in [4.78, 5) is 26.1.